The molecule has 0 aliphatic rings. The molecule has 0 saturated heterocycles. The first-order valence-corrected chi connectivity index (χ1v) is 6.62. The van der Waals surface area contributed by atoms with Gasteiger partial charge in [0.2, 0.25) is 0 Å². The number of carbonyl (C=O) groups is 1. The Balaban J connectivity index is 2.37. The summed E-state index contributed by atoms with van der Waals surface area (Å²) in [6, 6.07) is 0. The highest BCUT2D eigenvalue weighted by Gasteiger charge is 2.15. The van der Waals surface area contributed by atoms with Crippen LogP contribution in [0, 0.1) is 0 Å². The summed E-state index contributed by atoms with van der Waals surface area (Å²) >= 11 is 1.48. The van der Waals surface area contributed by atoms with Gasteiger partial charge in [-0.25, -0.2) is 19.7 Å². The minimum Gasteiger partial charge on any atom is -0.462 e. The molecule has 0 radical (unpaired) electrons. The third-order valence-corrected chi connectivity index (χ3v) is 2.95. The van der Waals surface area contributed by atoms with E-state index in [1.807, 2.05) is 12.3 Å². The van der Waals surface area contributed by atoms with E-state index in [9.17, 15) is 4.79 Å². The summed E-state index contributed by atoms with van der Waals surface area (Å²) in [5, 5.41) is 1.87. The number of carbonyl (C=O) groups excluding carboxylic acids is 1. The minimum absolute atomic E-state index is 0.343. The summed E-state index contributed by atoms with van der Waals surface area (Å²) in [4.78, 5) is 24.4. The first-order valence-electron chi connectivity index (χ1n) is 5.67. The van der Waals surface area contributed by atoms with Gasteiger partial charge in [-0.15, -0.1) is 11.3 Å². The molecule has 94 valence electrons. The second-order valence-corrected chi connectivity index (χ2v) is 4.22. The summed E-state index contributed by atoms with van der Waals surface area (Å²) in [5.41, 5.74) is 3.57. The van der Waals surface area contributed by atoms with Crippen LogP contribution in [0.3, 0.4) is 0 Å². The van der Waals surface area contributed by atoms with Crippen molar-refractivity contribution >= 4 is 17.3 Å². The van der Waals surface area contributed by atoms with E-state index < -0.39 is 0 Å². The highest BCUT2D eigenvalue weighted by atomic mass is 32.1. The van der Waals surface area contributed by atoms with Gasteiger partial charge in [0, 0.05) is 11.6 Å². The van der Waals surface area contributed by atoms with E-state index in [0.717, 1.165) is 5.69 Å². The van der Waals surface area contributed by atoms with Crippen LogP contribution >= 0.6 is 11.3 Å². The molecule has 2 rings (SSSR count). The lowest BCUT2D eigenvalue weighted by atomic mass is 10.2. The van der Waals surface area contributed by atoms with Crippen molar-refractivity contribution in [3.8, 4) is 11.5 Å². The largest absolute Gasteiger partial charge is 0.462 e. The Morgan fingerprint density at radius 1 is 1.39 bits per heavy atom. The van der Waals surface area contributed by atoms with Gasteiger partial charge in [-0.3, -0.25) is 0 Å². The van der Waals surface area contributed by atoms with Crippen molar-refractivity contribution in [1.82, 2.24) is 15.0 Å². The number of hydrogen-bond acceptors (Lipinski definition) is 6. The summed E-state index contributed by atoms with van der Waals surface area (Å²) in [6.07, 6.45) is 2.16. The van der Waals surface area contributed by atoms with Gasteiger partial charge in [0.05, 0.1) is 23.4 Å². The SMILES string of the molecule is CCOC(=O)c1cnc(-c2cscn2)nc1CC. The zero-order chi connectivity index (χ0) is 13.0. The molecule has 0 aromatic carbocycles. The van der Waals surface area contributed by atoms with Crippen molar-refractivity contribution < 1.29 is 9.53 Å². The van der Waals surface area contributed by atoms with Crippen LogP contribution in [-0.4, -0.2) is 27.5 Å². The van der Waals surface area contributed by atoms with E-state index >= 15 is 0 Å². The van der Waals surface area contributed by atoms with Gasteiger partial charge in [0.1, 0.15) is 5.69 Å². The molecule has 0 atom stereocenters. The van der Waals surface area contributed by atoms with E-state index in [4.69, 9.17) is 4.74 Å². The Morgan fingerprint density at radius 2 is 2.22 bits per heavy atom. The van der Waals surface area contributed by atoms with Gasteiger partial charge >= 0.3 is 5.97 Å². The normalized spacial score (nSPS) is 10.3. The van der Waals surface area contributed by atoms with Crippen molar-refractivity contribution in [2.75, 3.05) is 6.61 Å². The number of thiazole rings is 1. The van der Waals surface area contributed by atoms with Gasteiger partial charge < -0.3 is 4.74 Å². The number of esters is 1. The molecule has 0 bridgehead atoms. The van der Waals surface area contributed by atoms with E-state index in [2.05, 4.69) is 15.0 Å². The molecule has 2 heterocycles. The van der Waals surface area contributed by atoms with Crippen LogP contribution < -0.4 is 0 Å². The van der Waals surface area contributed by atoms with Crippen molar-refractivity contribution in [1.29, 1.82) is 0 Å². The van der Waals surface area contributed by atoms with Crippen LogP contribution in [0.25, 0.3) is 11.5 Å². The van der Waals surface area contributed by atoms with Gasteiger partial charge in [-0.05, 0) is 13.3 Å². The lowest BCUT2D eigenvalue weighted by Gasteiger charge is -2.06. The summed E-state index contributed by atoms with van der Waals surface area (Å²) in [5.74, 6) is 0.167. The molecule has 5 nitrogen and oxygen atoms in total. The van der Waals surface area contributed by atoms with Crippen molar-refractivity contribution in [3.05, 3.63) is 28.3 Å². The first-order chi connectivity index (χ1) is 8.76. The van der Waals surface area contributed by atoms with Crippen LogP contribution in [0.1, 0.15) is 29.9 Å². The Hall–Kier alpha value is -1.82. The second-order valence-electron chi connectivity index (χ2n) is 3.50. The molecule has 0 spiro atoms. The Kier molecular flexibility index (Phi) is 3.99. The maximum atomic E-state index is 11.7. The number of nitrogens with zero attached hydrogens (tertiary/aromatic N) is 3. The minimum atomic E-state index is -0.376. The summed E-state index contributed by atoms with van der Waals surface area (Å²) in [7, 11) is 0. The van der Waals surface area contributed by atoms with Crippen LogP contribution in [-0.2, 0) is 11.2 Å². The molecular formula is C12H13N3O2S. The summed E-state index contributed by atoms with van der Waals surface area (Å²) < 4.78 is 4.97. The maximum Gasteiger partial charge on any atom is 0.341 e. The first kappa shape index (κ1) is 12.6. The van der Waals surface area contributed by atoms with Crippen molar-refractivity contribution in [2.45, 2.75) is 20.3 Å². The predicted octanol–water partition coefficient (Wildman–Crippen LogP) is 2.34. The molecule has 0 amide bonds. The number of aryl methyl sites for hydroxylation is 1. The molecule has 18 heavy (non-hydrogen) atoms. The molecule has 0 N–H and O–H groups in total. The third kappa shape index (κ3) is 2.53. The Bertz CT molecular complexity index is 540. The zero-order valence-corrected chi connectivity index (χ0v) is 11.0. The molecule has 0 aliphatic heterocycles. The van der Waals surface area contributed by atoms with E-state index in [1.54, 1.807) is 12.4 Å². The fourth-order valence-electron chi connectivity index (χ4n) is 1.51. The zero-order valence-electron chi connectivity index (χ0n) is 10.2. The van der Waals surface area contributed by atoms with E-state index in [1.165, 1.54) is 17.5 Å². The average molecular weight is 263 g/mol. The molecule has 6 heteroatoms. The fraction of sp³-hybridized carbons (Fsp3) is 0.333. The van der Waals surface area contributed by atoms with Crippen molar-refractivity contribution in [3.63, 3.8) is 0 Å². The molecule has 2 aromatic heterocycles. The number of rotatable bonds is 4. The molecule has 0 unspecified atom stereocenters. The van der Waals surface area contributed by atoms with E-state index in [-0.39, 0.29) is 5.97 Å². The van der Waals surface area contributed by atoms with Crippen LogP contribution in [0.2, 0.25) is 0 Å². The molecular weight excluding hydrogens is 250 g/mol. The topological polar surface area (TPSA) is 65.0 Å². The second kappa shape index (κ2) is 5.68. The van der Waals surface area contributed by atoms with Crippen LogP contribution in [0.15, 0.2) is 17.1 Å². The van der Waals surface area contributed by atoms with Gasteiger partial charge in [0.15, 0.2) is 5.82 Å². The highest BCUT2D eigenvalue weighted by molar-refractivity contribution is 7.07. The van der Waals surface area contributed by atoms with Gasteiger partial charge in [-0.2, -0.15) is 0 Å². The Morgan fingerprint density at radius 3 is 2.83 bits per heavy atom. The van der Waals surface area contributed by atoms with Crippen LogP contribution in [0.5, 0.6) is 0 Å². The molecule has 0 aliphatic carbocycles. The monoisotopic (exact) mass is 263 g/mol. The quantitative estimate of drug-likeness (QED) is 0.792. The lowest BCUT2D eigenvalue weighted by molar-refractivity contribution is 0.0524. The lowest BCUT2D eigenvalue weighted by Crippen LogP contribution is -2.11. The standard InChI is InChI=1S/C12H13N3O2S/c1-3-9-8(12(16)17-4-2)5-13-11(15-9)10-6-18-7-14-10/h5-7H,3-4H2,1-2H3. The fourth-order valence-corrected chi connectivity index (χ4v) is 2.04. The summed E-state index contributed by atoms with van der Waals surface area (Å²) in [6.45, 7) is 4.06. The van der Waals surface area contributed by atoms with Crippen molar-refractivity contribution in [2.24, 2.45) is 0 Å². The third-order valence-electron chi connectivity index (χ3n) is 2.36. The highest BCUT2D eigenvalue weighted by Crippen LogP contribution is 2.17. The molecule has 0 saturated carbocycles. The molecule has 0 fully saturated rings. The number of aromatic nitrogens is 3. The number of hydrogen-bond donors (Lipinski definition) is 0. The van der Waals surface area contributed by atoms with Gasteiger partial charge in [0.25, 0.3) is 0 Å². The Labute approximate surface area is 109 Å². The smallest absolute Gasteiger partial charge is 0.341 e. The average Bonchev–Trinajstić information content (AvgIpc) is 2.92. The van der Waals surface area contributed by atoms with Gasteiger partial charge in [-0.1, -0.05) is 6.92 Å². The molecule has 2 aromatic rings. The number of ether oxygens (including phenoxy) is 1. The van der Waals surface area contributed by atoms with Crippen LogP contribution in [0.4, 0.5) is 0 Å². The predicted molar refractivity (Wildman–Crippen MR) is 68.5 cm³/mol. The van der Waals surface area contributed by atoms with E-state index in [0.29, 0.717) is 30.1 Å². The maximum absolute atomic E-state index is 11.7.